The van der Waals surface area contributed by atoms with Crippen LogP contribution in [0.2, 0.25) is 0 Å². The van der Waals surface area contributed by atoms with Crippen molar-refractivity contribution in [3.63, 3.8) is 0 Å². The molecule has 3 aliphatic carbocycles. The van der Waals surface area contributed by atoms with Crippen LogP contribution in [0.5, 0.6) is 0 Å². The largest absolute Gasteiger partial charge is 0.460 e. The van der Waals surface area contributed by atoms with Crippen LogP contribution in [-0.4, -0.2) is 15.0 Å². The number of hydrogen-bond donors (Lipinski definition) is 0. The normalized spacial score (nSPS) is 16.5. The summed E-state index contributed by atoms with van der Waals surface area (Å²) in [7, 11) is 0. The summed E-state index contributed by atoms with van der Waals surface area (Å²) in [5.41, 5.74) is 14.3. The lowest BCUT2D eigenvalue weighted by Crippen LogP contribution is -2.13. The maximum atomic E-state index is 6.95. The highest BCUT2D eigenvalue weighted by Gasteiger charge is 2.28. The van der Waals surface area contributed by atoms with Gasteiger partial charge in [-0.05, 0) is 57.5 Å². The molecule has 2 atom stereocenters. The number of furan rings is 1. The van der Waals surface area contributed by atoms with Crippen molar-refractivity contribution in [2.75, 3.05) is 0 Å². The molecule has 270 valence electrons. The second-order valence-electron chi connectivity index (χ2n) is 15.0. The summed E-state index contributed by atoms with van der Waals surface area (Å²) in [6.45, 7) is 0. The van der Waals surface area contributed by atoms with Crippen LogP contribution < -0.4 is 0 Å². The predicted molar refractivity (Wildman–Crippen MR) is 232 cm³/mol. The molecule has 2 aromatic heterocycles. The third-order valence-electron chi connectivity index (χ3n) is 11.6. The number of nitrogens with zero attached hydrogens (tertiary/aromatic N) is 3. The lowest BCUT2D eigenvalue weighted by atomic mass is 9.77. The van der Waals surface area contributed by atoms with Gasteiger partial charge in [0.15, 0.2) is 17.5 Å². The van der Waals surface area contributed by atoms with Crippen molar-refractivity contribution in [1.29, 1.82) is 0 Å². The molecule has 2 heterocycles. The van der Waals surface area contributed by atoms with E-state index in [1.807, 2.05) is 18.2 Å². The van der Waals surface area contributed by atoms with Gasteiger partial charge in [0.2, 0.25) is 0 Å². The Labute approximate surface area is 332 Å². The van der Waals surface area contributed by atoms with Gasteiger partial charge in [-0.25, -0.2) is 15.0 Å². The van der Waals surface area contributed by atoms with Crippen LogP contribution in [0.1, 0.15) is 40.6 Å². The Balaban J connectivity index is 1.06. The van der Waals surface area contributed by atoms with E-state index >= 15 is 0 Å². The van der Waals surface area contributed by atoms with Gasteiger partial charge in [0.05, 0.1) is 0 Å². The minimum Gasteiger partial charge on any atom is -0.460 e. The molecule has 11 rings (SSSR count). The molecule has 2 unspecified atom stereocenters. The number of allylic oxidation sites excluding steroid dienone is 6. The standard InChI is InChI=1S/C53H37N3O/c1-4-14-34(15-5-1)39-30-31-42(47(32-39)35-16-6-2-7-17-35)43-22-12-23-44-49-45(24-13-25-48(49)57-50(43)44)53-55-51(38-19-8-3-9-20-38)54-52(56-53)40-29-28-37-27-26-36-18-10-11-21-41(36)46(37)33-40/h1-12,14-24,26-33,36,41H,13,25H2. The van der Waals surface area contributed by atoms with Crippen LogP contribution in [0.15, 0.2) is 186 Å². The van der Waals surface area contributed by atoms with E-state index < -0.39 is 0 Å². The van der Waals surface area contributed by atoms with Crippen molar-refractivity contribution in [2.24, 2.45) is 5.92 Å². The fourth-order valence-corrected chi connectivity index (χ4v) is 8.78. The fraction of sp³-hybridized carbons (Fsp3) is 0.0755. The van der Waals surface area contributed by atoms with Crippen molar-refractivity contribution in [3.05, 3.63) is 210 Å². The average Bonchev–Trinajstić information content (AvgIpc) is 3.69. The van der Waals surface area contributed by atoms with Gasteiger partial charge < -0.3 is 4.42 Å². The van der Waals surface area contributed by atoms with Crippen molar-refractivity contribution in [1.82, 2.24) is 15.0 Å². The Morgan fingerprint density at radius 3 is 2.02 bits per heavy atom. The first-order valence-corrected chi connectivity index (χ1v) is 19.7. The Kier molecular flexibility index (Phi) is 8.06. The van der Waals surface area contributed by atoms with E-state index in [4.69, 9.17) is 19.4 Å². The van der Waals surface area contributed by atoms with Gasteiger partial charge in [0, 0.05) is 51.5 Å². The van der Waals surface area contributed by atoms with Crippen molar-refractivity contribution in [2.45, 2.75) is 18.8 Å². The highest BCUT2D eigenvalue weighted by molar-refractivity contribution is 6.05. The molecule has 0 saturated carbocycles. The Bertz CT molecular complexity index is 2950. The Morgan fingerprint density at radius 2 is 1.21 bits per heavy atom. The van der Waals surface area contributed by atoms with Gasteiger partial charge in [-0.15, -0.1) is 0 Å². The molecule has 0 aliphatic heterocycles. The van der Waals surface area contributed by atoms with Gasteiger partial charge in [-0.1, -0.05) is 176 Å². The molecule has 0 spiro atoms. The van der Waals surface area contributed by atoms with Crippen LogP contribution in [0, 0.1) is 5.92 Å². The topological polar surface area (TPSA) is 51.8 Å². The maximum absolute atomic E-state index is 6.95. The number of para-hydroxylation sites is 1. The number of hydrogen-bond acceptors (Lipinski definition) is 4. The Hall–Kier alpha value is -7.17. The SMILES string of the molecule is C1=CC2C=Cc3ccc(-c4nc(C5=CCCc6oc7c(-c8ccc(-c9ccccc9)cc8-c8ccccc8)cccc7c65)nc(-c5ccccc5)n4)cc3C2C=C1. The minimum absolute atomic E-state index is 0.289. The predicted octanol–water partition coefficient (Wildman–Crippen LogP) is 13.2. The number of aromatic nitrogens is 3. The summed E-state index contributed by atoms with van der Waals surface area (Å²) in [5.74, 6) is 3.57. The van der Waals surface area contributed by atoms with E-state index in [1.165, 1.54) is 22.3 Å². The van der Waals surface area contributed by atoms with E-state index in [1.54, 1.807) is 0 Å². The molecule has 0 saturated heterocycles. The van der Waals surface area contributed by atoms with E-state index in [-0.39, 0.29) is 5.92 Å². The van der Waals surface area contributed by atoms with Crippen LogP contribution in [0.3, 0.4) is 0 Å². The van der Waals surface area contributed by atoms with E-state index in [0.29, 0.717) is 23.4 Å². The van der Waals surface area contributed by atoms with Crippen LogP contribution in [-0.2, 0) is 6.42 Å². The van der Waals surface area contributed by atoms with E-state index in [9.17, 15) is 0 Å². The first-order valence-electron chi connectivity index (χ1n) is 19.7. The van der Waals surface area contributed by atoms with E-state index in [0.717, 1.165) is 74.1 Å². The third-order valence-corrected chi connectivity index (χ3v) is 11.6. The molecule has 0 bridgehead atoms. The zero-order valence-electron chi connectivity index (χ0n) is 31.2. The van der Waals surface area contributed by atoms with Gasteiger partial charge in [-0.3, -0.25) is 0 Å². The maximum Gasteiger partial charge on any atom is 0.164 e. The first kappa shape index (κ1) is 33.2. The second kappa shape index (κ2) is 13.8. The van der Waals surface area contributed by atoms with Gasteiger partial charge >= 0.3 is 0 Å². The van der Waals surface area contributed by atoms with Crippen molar-refractivity contribution >= 4 is 22.6 Å². The summed E-state index contributed by atoms with van der Waals surface area (Å²) in [5, 5.41) is 1.06. The lowest BCUT2D eigenvalue weighted by Gasteiger charge is -2.27. The number of aryl methyl sites for hydroxylation is 1. The molecule has 0 fully saturated rings. The minimum atomic E-state index is 0.289. The summed E-state index contributed by atoms with van der Waals surface area (Å²) in [4.78, 5) is 15.6. The fourth-order valence-electron chi connectivity index (χ4n) is 8.78. The molecule has 6 aromatic carbocycles. The molecular weight excluding hydrogens is 695 g/mol. The van der Waals surface area contributed by atoms with Gasteiger partial charge in [-0.2, -0.15) is 0 Å². The molecule has 0 N–H and O–H groups in total. The first-order chi connectivity index (χ1) is 28.2. The third kappa shape index (κ3) is 5.89. The highest BCUT2D eigenvalue weighted by atomic mass is 16.3. The smallest absolute Gasteiger partial charge is 0.164 e. The molecular formula is C53H37N3O. The molecule has 8 aromatic rings. The zero-order valence-corrected chi connectivity index (χ0v) is 31.2. The summed E-state index contributed by atoms with van der Waals surface area (Å²) in [6.07, 6.45) is 17.3. The highest BCUT2D eigenvalue weighted by Crippen LogP contribution is 2.45. The number of rotatable bonds is 6. The lowest BCUT2D eigenvalue weighted by molar-refractivity contribution is 0.546. The van der Waals surface area contributed by atoms with E-state index in [2.05, 4.69) is 170 Å². The monoisotopic (exact) mass is 731 g/mol. The van der Waals surface area contributed by atoms with Gasteiger partial charge in [0.25, 0.3) is 0 Å². The second-order valence-corrected chi connectivity index (χ2v) is 15.0. The van der Waals surface area contributed by atoms with Crippen LogP contribution >= 0.6 is 0 Å². The van der Waals surface area contributed by atoms with Gasteiger partial charge in [0.1, 0.15) is 11.3 Å². The number of benzene rings is 6. The molecule has 57 heavy (non-hydrogen) atoms. The summed E-state index contributed by atoms with van der Waals surface area (Å²) >= 11 is 0. The molecule has 0 radical (unpaired) electrons. The summed E-state index contributed by atoms with van der Waals surface area (Å²) < 4.78 is 6.95. The zero-order chi connectivity index (χ0) is 37.7. The quantitative estimate of drug-likeness (QED) is 0.171. The van der Waals surface area contributed by atoms with Crippen molar-refractivity contribution in [3.8, 4) is 56.2 Å². The van der Waals surface area contributed by atoms with Crippen molar-refractivity contribution < 1.29 is 4.42 Å². The average molecular weight is 732 g/mol. The van der Waals surface area contributed by atoms with Crippen LogP contribution in [0.25, 0.3) is 78.8 Å². The molecule has 4 heteroatoms. The van der Waals surface area contributed by atoms with Crippen LogP contribution in [0.4, 0.5) is 0 Å². The molecule has 0 amide bonds. The number of fused-ring (bicyclic) bond motifs is 6. The summed E-state index contributed by atoms with van der Waals surface area (Å²) in [6, 6.07) is 51.4. The molecule has 4 nitrogen and oxygen atoms in total. The molecule has 3 aliphatic rings. The Morgan fingerprint density at radius 1 is 0.509 bits per heavy atom.